The molecule has 1 aliphatic heterocycles. The average Bonchev–Trinajstić information content (AvgIpc) is 2.92. The Kier molecular flexibility index (Phi) is 4.01. The molecule has 2 N–H and O–H groups in total. The van der Waals surface area contributed by atoms with Crippen LogP contribution in [0.5, 0.6) is 5.88 Å². The number of rotatable bonds is 5. The molecule has 0 bridgehead atoms. The zero-order valence-electron chi connectivity index (χ0n) is 12.4. The van der Waals surface area contributed by atoms with Crippen molar-refractivity contribution >= 4 is 5.95 Å². The Balaban J connectivity index is 1.64. The van der Waals surface area contributed by atoms with E-state index in [1.165, 1.54) is 16.7 Å². The Labute approximate surface area is 124 Å². The molecule has 0 fully saturated rings. The summed E-state index contributed by atoms with van der Waals surface area (Å²) in [6.45, 7) is 6.60. The Hall–Kier alpha value is -2.14. The van der Waals surface area contributed by atoms with Gasteiger partial charge in [-0.3, -0.25) is 0 Å². The molecule has 0 unspecified atom stereocenters. The maximum Gasteiger partial charge on any atom is 0.226 e. The summed E-state index contributed by atoms with van der Waals surface area (Å²) in [6, 6.07) is 8.34. The molecule has 0 spiro atoms. The van der Waals surface area contributed by atoms with Crippen LogP contribution in [0.25, 0.3) is 0 Å². The normalized spacial score (nSPS) is 13.3. The van der Waals surface area contributed by atoms with Gasteiger partial charge in [0.2, 0.25) is 11.8 Å². The summed E-state index contributed by atoms with van der Waals surface area (Å²) in [5.41, 5.74) is 4.01. The van der Waals surface area contributed by atoms with E-state index in [4.69, 9.17) is 4.74 Å². The lowest BCUT2D eigenvalue weighted by molar-refractivity contribution is 0.232. The maximum absolute atomic E-state index is 5.57. The van der Waals surface area contributed by atoms with E-state index in [-0.39, 0.29) is 6.10 Å². The molecule has 0 saturated heterocycles. The van der Waals surface area contributed by atoms with Crippen molar-refractivity contribution in [2.45, 2.75) is 39.6 Å². The van der Waals surface area contributed by atoms with Crippen LogP contribution in [0.2, 0.25) is 0 Å². The summed E-state index contributed by atoms with van der Waals surface area (Å²) in [5.74, 6) is 1.19. The number of aromatic nitrogens is 2. The van der Waals surface area contributed by atoms with Crippen molar-refractivity contribution in [1.29, 1.82) is 0 Å². The van der Waals surface area contributed by atoms with Crippen LogP contribution in [-0.4, -0.2) is 16.1 Å². The minimum atomic E-state index is 0.108. The van der Waals surface area contributed by atoms with Crippen molar-refractivity contribution in [3.63, 3.8) is 0 Å². The lowest BCUT2D eigenvalue weighted by Gasteiger charge is -2.10. The van der Waals surface area contributed by atoms with Crippen LogP contribution >= 0.6 is 0 Å². The molecule has 110 valence electrons. The first-order valence-electron chi connectivity index (χ1n) is 7.25. The SMILES string of the molecule is CC(C)Oc1ccnc(NCc2ccc3c(c2)CNC3)n1. The van der Waals surface area contributed by atoms with Crippen LogP contribution in [-0.2, 0) is 19.6 Å². The molecule has 1 aromatic carbocycles. The standard InChI is InChI=1S/C16H20N4O/c1-11(2)21-15-5-6-18-16(20-15)19-8-12-3-4-13-9-17-10-14(13)7-12/h3-7,11,17H,8-10H2,1-2H3,(H,18,19,20). The predicted octanol–water partition coefficient (Wildman–Crippen LogP) is 2.48. The van der Waals surface area contributed by atoms with Crippen molar-refractivity contribution in [2.75, 3.05) is 5.32 Å². The minimum absolute atomic E-state index is 0.108. The van der Waals surface area contributed by atoms with Crippen molar-refractivity contribution < 1.29 is 4.74 Å². The quantitative estimate of drug-likeness (QED) is 0.883. The monoisotopic (exact) mass is 284 g/mol. The topological polar surface area (TPSA) is 59.1 Å². The highest BCUT2D eigenvalue weighted by molar-refractivity contribution is 5.37. The van der Waals surface area contributed by atoms with Crippen molar-refractivity contribution in [1.82, 2.24) is 15.3 Å². The first-order chi connectivity index (χ1) is 10.2. The number of nitrogens with one attached hydrogen (secondary N) is 2. The molecule has 3 rings (SSSR count). The van der Waals surface area contributed by atoms with Gasteiger partial charge in [0.1, 0.15) is 0 Å². The molecule has 0 amide bonds. The van der Waals surface area contributed by atoms with Crippen LogP contribution in [0.4, 0.5) is 5.95 Å². The van der Waals surface area contributed by atoms with Crippen LogP contribution in [0, 0.1) is 0 Å². The molecule has 5 nitrogen and oxygen atoms in total. The number of benzene rings is 1. The van der Waals surface area contributed by atoms with Gasteiger partial charge in [-0.15, -0.1) is 0 Å². The Morgan fingerprint density at radius 2 is 2.10 bits per heavy atom. The van der Waals surface area contributed by atoms with Crippen LogP contribution in [0.3, 0.4) is 0 Å². The highest BCUT2D eigenvalue weighted by Crippen LogP contribution is 2.18. The summed E-state index contributed by atoms with van der Waals surface area (Å²) in [7, 11) is 0. The highest BCUT2D eigenvalue weighted by atomic mass is 16.5. The second-order valence-corrected chi connectivity index (χ2v) is 5.45. The number of nitrogens with zero attached hydrogens (tertiary/aromatic N) is 2. The summed E-state index contributed by atoms with van der Waals surface area (Å²) in [5, 5.41) is 6.60. The van der Waals surface area contributed by atoms with E-state index in [1.807, 2.05) is 13.8 Å². The third-order valence-electron chi connectivity index (χ3n) is 3.34. The Morgan fingerprint density at radius 3 is 2.95 bits per heavy atom. The molecule has 0 atom stereocenters. The van der Waals surface area contributed by atoms with Gasteiger partial charge in [0.25, 0.3) is 0 Å². The molecule has 2 heterocycles. The molecule has 0 aliphatic carbocycles. The van der Waals surface area contributed by atoms with E-state index in [2.05, 4.69) is 38.8 Å². The summed E-state index contributed by atoms with van der Waals surface area (Å²) < 4.78 is 5.57. The van der Waals surface area contributed by atoms with Crippen LogP contribution < -0.4 is 15.4 Å². The van der Waals surface area contributed by atoms with Crippen molar-refractivity contribution in [3.8, 4) is 5.88 Å². The van der Waals surface area contributed by atoms with Gasteiger partial charge in [0.05, 0.1) is 6.10 Å². The molecular formula is C16H20N4O. The number of hydrogen-bond acceptors (Lipinski definition) is 5. The Bertz CT molecular complexity index is 627. The van der Waals surface area contributed by atoms with Gasteiger partial charge in [-0.2, -0.15) is 4.98 Å². The second kappa shape index (κ2) is 6.10. The van der Waals surface area contributed by atoms with E-state index < -0.39 is 0 Å². The van der Waals surface area contributed by atoms with E-state index in [1.54, 1.807) is 12.3 Å². The van der Waals surface area contributed by atoms with Gasteiger partial charge in [-0.25, -0.2) is 4.98 Å². The smallest absolute Gasteiger partial charge is 0.226 e. The molecule has 2 aromatic rings. The third kappa shape index (κ3) is 3.49. The zero-order chi connectivity index (χ0) is 14.7. The van der Waals surface area contributed by atoms with Gasteiger partial charge < -0.3 is 15.4 Å². The second-order valence-electron chi connectivity index (χ2n) is 5.45. The Morgan fingerprint density at radius 1 is 1.24 bits per heavy atom. The maximum atomic E-state index is 5.57. The van der Waals surface area contributed by atoms with Gasteiger partial charge in [-0.05, 0) is 30.5 Å². The van der Waals surface area contributed by atoms with Gasteiger partial charge >= 0.3 is 0 Å². The fraction of sp³-hybridized carbons (Fsp3) is 0.375. The molecular weight excluding hydrogens is 264 g/mol. The van der Waals surface area contributed by atoms with E-state index in [0.717, 1.165) is 13.1 Å². The summed E-state index contributed by atoms with van der Waals surface area (Å²) in [6.07, 6.45) is 1.82. The first-order valence-corrected chi connectivity index (χ1v) is 7.25. The minimum Gasteiger partial charge on any atom is -0.475 e. The van der Waals surface area contributed by atoms with Crippen molar-refractivity contribution in [2.24, 2.45) is 0 Å². The molecule has 21 heavy (non-hydrogen) atoms. The molecule has 1 aromatic heterocycles. The first kappa shape index (κ1) is 13.8. The lowest BCUT2D eigenvalue weighted by Crippen LogP contribution is -2.09. The molecule has 5 heteroatoms. The highest BCUT2D eigenvalue weighted by Gasteiger charge is 2.10. The van der Waals surface area contributed by atoms with Gasteiger partial charge in [0, 0.05) is 31.9 Å². The van der Waals surface area contributed by atoms with E-state index in [0.29, 0.717) is 18.4 Å². The van der Waals surface area contributed by atoms with Crippen LogP contribution in [0.15, 0.2) is 30.5 Å². The number of ether oxygens (including phenoxy) is 1. The fourth-order valence-electron chi connectivity index (χ4n) is 2.37. The number of anilines is 1. The third-order valence-corrected chi connectivity index (χ3v) is 3.34. The summed E-state index contributed by atoms with van der Waals surface area (Å²) in [4.78, 5) is 8.56. The molecule has 0 radical (unpaired) electrons. The molecule has 1 aliphatic rings. The van der Waals surface area contributed by atoms with E-state index >= 15 is 0 Å². The van der Waals surface area contributed by atoms with Gasteiger partial charge in [-0.1, -0.05) is 18.2 Å². The van der Waals surface area contributed by atoms with Crippen LogP contribution in [0.1, 0.15) is 30.5 Å². The largest absolute Gasteiger partial charge is 0.475 e. The lowest BCUT2D eigenvalue weighted by atomic mass is 10.1. The van der Waals surface area contributed by atoms with E-state index in [9.17, 15) is 0 Å². The van der Waals surface area contributed by atoms with Crippen molar-refractivity contribution in [3.05, 3.63) is 47.2 Å². The zero-order valence-corrected chi connectivity index (χ0v) is 12.4. The number of fused-ring (bicyclic) bond motifs is 1. The number of hydrogen-bond donors (Lipinski definition) is 2. The summed E-state index contributed by atoms with van der Waals surface area (Å²) >= 11 is 0. The predicted molar refractivity (Wildman–Crippen MR) is 82.1 cm³/mol. The molecule has 0 saturated carbocycles. The average molecular weight is 284 g/mol. The van der Waals surface area contributed by atoms with Gasteiger partial charge in [0.15, 0.2) is 0 Å². The fourth-order valence-corrected chi connectivity index (χ4v) is 2.37.